The number of rotatable bonds is 4. The van der Waals surface area contributed by atoms with Crippen molar-refractivity contribution in [3.8, 4) is 0 Å². The van der Waals surface area contributed by atoms with Crippen LogP contribution in [0.2, 0.25) is 0 Å². The number of hydrazine groups is 1. The maximum Gasteiger partial charge on any atom is 0.123 e. The Morgan fingerprint density at radius 1 is 1.21 bits per heavy atom. The number of nitrogens with two attached hydrogens (primary N) is 1. The van der Waals surface area contributed by atoms with E-state index >= 15 is 0 Å². The summed E-state index contributed by atoms with van der Waals surface area (Å²) in [6.07, 6.45) is 0.726. The second kappa shape index (κ2) is 6.28. The molecular formula is C15H16BrFN2. The van der Waals surface area contributed by atoms with Crippen LogP contribution < -0.4 is 11.3 Å². The van der Waals surface area contributed by atoms with Crippen molar-refractivity contribution < 1.29 is 4.39 Å². The highest BCUT2D eigenvalue weighted by molar-refractivity contribution is 9.10. The lowest BCUT2D eigenvalue weighted by molar-refractivity contribution is 0.549. The van der Waals surface area contributed by atoms with Gasteiger partial charge in [-0.2, -0.15) is 0 Å². The van der Waals surface area contributed by atoms with Gasteiger partial charge < -0.3 is 0 Å². The van der Waals surface area contributed by atoms with Crippen LogP contribution in [0.3, 0.4) is 0 Å². The Morgan fingerprint density at radius 3 is 2.47 bits per heavy atom. The smallest absolute Gasteiger partial charge is 0.123 e. The molecule has 0 aromatic heterocycles. The third kappa shape index (κ3) is 3.62. The minimum atomic E-state index is -0.206. The fourth-order valence-electron chi connectivity index (χ4n) is 2.08. The zero-order chi connectivity index (χ0) is 13.8. The number of hydrogen-bond donors (Lipinski definition) is 2. The lowest BCUT2D eigenvalue weighted by Crippen LogP contribution is -2.29. The van der Waals surface area contributed by atoms with Crippen molar-refractivity contribution in [1.82, 2.24) is 5.43 Å². The molecule has 4 heteroatoms. The molecule has 3 N–H and O–H groups in total. The van der Waals surface area contributed by atoms with E-state index in [2.05, 4.69) is 21.4 Å². The Labute approximate surface area is 120 Å². The van der Waals surface area contributed by atoms with E-state index in [-0.39, 0.29) is 11.9 Å². The van der Waals surface area contributed by atoms with Crippen LogP contribution in [-0.2, 0) is 6.42 Å². The van der Waals surface area contributed by atoms with Crippen LogP contribution in [-0.4, -0.2) is 0 Å². The highest BCUT2D eigenvalue weighted by Crippen LogP contribution is 2.22. The van der Waals surface area contributed by atoms with Crippen molar-refractivity contribution in [3.05, 3.63) is 69.4 Å². The van der Waals surface area contributed by atoms with E-state index in [1.807, 2.05) is 37.3 Å². The van der Waals surface area contributed by atoms with Crippen molar-refractivity contribution in [2.75, 3.05) is 0 Å². The number of hydrogen-bond acceptors (Lipinski definition) is 2. The molecule has 100 valence electrons. The predicted octanol–water partition coefficient (Wildman–Crippen LogP) is 3.64. The molecule has 0 fully saturated rings. The summed E-state index contributed by atoms with van der Waals surface area (Å²) < 4.78 is 14.1. The Kier molecular flexibility index (Phi) is 4.69. The van der Waals surface area contributed by atoms with Gasteiger partial charge in [0.15, 0.2) is 0 Å². The summed E-state index contributed by atoms with van der Waals surface area (Å²) >= 11 is 3.41. The number of benzene rings is 2. The van der Waals surface area contributed by atoms with Gasteiger partial charge in [-0.25, -0.2) is 4.39 Å². The van der Waals surface area contributed by atoms with E-state index in [9.17, 15) is 4.39 Å². The highest BCUT2D eigenvalue weighted by Gasteiger charge is 2.12. The van der Waals surface area contributed by atoms with Gasteiger partial charge >= 0.3 is 0 Å². The van der Waals surface area contributed by atoms with Crippen LogP contribution in [0.15, 0.2) is 46.9 Å². The largest absolute Gasteiger partial charge is 0.271 e. The first-order chi connectivity index (χ1) is 9.10. The van der Waals surface area contributed by atoms with E-state index in [1.54, 1.807) is 6.07 Å². The lowest BCUT2D eigenvalue weighted by atomic mass is 9.96. The minimum absolute atomic E-state index is 0.0114. The maximum absolute atomic E-state index is 13.1. The third-order valence-corrected chi connectivity index (χ3v) is 3.73. The third-order valence-electron chi connectivity index (χ3n) is 3.20. The van der Waals surface area contributed by atoms with Crippen LogP contribution in [0.5, 0.6) is 0 Å². The van der Waals surface area contributed by atoms with Gasteiger partial charge in [0.05, 0.1) is 0 Å². The molecule has 2 aromatic rings. The van der Waals surface area contributed by atoms with Gasteiger partial charge in [-0.05, 0) is 54.3 Å². The molecule has 0 amide bonds. The first-order valence-electron chi connectivity index (χ1n) is 6.07. The van der Waals surface area contributed by atoms with Gasteiger partial charge in [0.1, 0.15) is 5.82 Å². The zero-order valence-corrected chi connectivity index (χ0v) is 12.2. The van der Waals surface area contributed by atoms with Crippen molar-refractivity contribution in [2.45, 2.75) is 19.4 Å². The molecule has 0 aliphatic heterocycles. The maximum atomic E-state index is 13.1. The molecule has 0 aliphatic carbocycles. The van der Waals surface area contributed by atoms with E-state index in [4.69, 9.17) is 5.84 Å². The second-order valence-corrected chi connectivity index (χ2v) is 5.46. The van der Waals surface area contributed by atoms with Crippen LogP contribution in [0, 0.1) is 12.7 Å². The molecular weight excluding hydrogens is 307 g/mol. The van der Waals surface area contributed by atoms with Gasteiger partial charge in [0.25, 0.3) is 0 Å². The molecule has 0 bridgehead atoms. The summed E-state index contributed by atoms with van der Waals surface area (Å²) in [4.78, 5) is 0. The highest BCUT2D eigenvalue weighted by atomic mass is 79.9. The molecule has 0 radical (unpaired) electrons. The van der Waals surface area contributed by atoms with Crippen molar-refractivity contribution in [3.63, 3.8) is 0 Å². The molecule has 0 heterocycles. The van der Waals surface area contributed by atoms with E-state index in [0.717, 1.165) is 27.6 Å². The van der Waals surface area contributed by atoms with Crippen LogP contribution in [0.25, 0.3) is 0 Å². The van der Waals surface area contributed by atoms with Crippen LogP contribution in [0.4, 0.5) is 4.39 Å². The first kappa shape index (κ1) is 14.2. The summed E-state index contributed by atoms with van der Waals surface area (Å²) in [5, 5.41) is 0. The predicted molar refractivity (Wildman–Crippen MR) is 79.0 cm³/mol. The fourth-order valence-corrected chi connectivity index (χ4v) is 2.34. The molecule has 2 nitrogen and oxygen atoms in total. The Bertz CT molecular complexity index is 555. The summed E-state index contributed by atoms with van der Waals surface area (Å²) in [5.74, 6) is 5.43. The summed E-state index contributed by atoms with van der Waals surface area (Å²) in [6, 6.07) is 12.9. The minimum Gasteiger partial charge on any atom is -0.271 e. The second-order valence-electron chi connectivity index (χ2n) is 4.55. The SMILES string of the molecule is Cc1cc(F)ccc1CC(NN)c1ccc(Br)cc1. The van der Waals surface area contributed by atoms with Crippen molar-refractivity contribution in [1.29, 1.82) is 0 Å². The lowest BCUT2D eigenvalue weighted by Gasteiger charge is -2.18. The van der Waals surface area contributed by atoms with E-state index < -0.39 is 0 Å². The van der Waals surface area contributed by atoms with Crippen LogP contribution in [0.1, 0.15) is 22.7 Å². The normalized spacial score (nSPS) is 12.4. The number of aryl methyl sites for hydroxylation is 1. The number of halogens is 2. The molecule has 2 aromatic carbocycles. The first-order valence-corrected chi connectivity index (χ1v) is 6.86. The average Bonchev–Trinajstić information content (AvgIpc) is 2.39. The Morgan fingerprint density at radius 2 is 1.89 bits per heavy atom. The standard InChI is InChI=1S/C15H16BrFN2/c1-10-8-14(17)7-4-12(10)9-15(19-18)11-2-5-13(16)6-3-11/h2-8,15,19H,9,18H2,1H3. The van der Waals surface area contributed by atoms with Gasteiger partial charge in [0.2, 0.25) is 0 Å². The Hall–Kier alpha value is -1.23. The molecule has 1 unspecified atom stereocenters. The quantitative estimate of drug-likeness (QED) is 0.666. The van der Waals surface area contributed by atoms with Gasteiger partial charge in [-0.3, -0.25) is 11.3 Å². The molecule has 19 heavy (non-hydrogen) atoms. The van der Waals surface area contributed by atoms with E-state index in [1.165, 1.54) is 6.07 Å². The fraction of sp³-hybridized carbons (Fsp3) is 0.200. The average molecular weight is 323 g/mol. The van der Waals surface area contributed by atoms with Gasteiger partial charge in [-0.1, -0.05) is 34.1 Å². The van der Waals surface area contributed by atoms with Gasteiger partial charge in [-0.15, -0.1) is 0 Å². The number of nitrogens with one attached hydrogen (secondary N) is 1. The summed E-state index contributed by atoms with van der Waals surface area (Å²) in [5.41, 5.74) is 5.96. The monoisotopic (exact) mass is 322 g/mol. The molecule has 2 rings (SSSR count). The van der Waals surface area contributed by atoms with Gasteiger partial charge in [0, 0.05) is 10.5 Å². The summed E-state index contributed by atoms with van der Waals surface area (Å²) in [7, 11) is 0. The van der Waals surface area contributed by atoms with E-state index in [0.29, 0.717) is 0 Å². The van der Waals surface area contributed by atoms with Crippen LogP contribution >= 0.6 is 15.9 Å². The van der Waals surface area contributed by atoms with Crippen molar-refractivity contribution in [2.24, 2.45) is 5.84 Å². The topological polar surface area (TPSA) is 38.0 Å². The molecule has 0 saturated carbocycles. The summed E-state index contributed by atoms with van der Waals surface area (Å²) in [6.45, 7) is 1.91. The Balaban J connectivity index is 2.21. The molecule has 0 saturated heterocycles. The zero-order valence-electron chi connectivity index (χ0n) is 10.7. The molecule has 1 atom stereocenters. The van der Waals surface area contributed by atoms with Crippen molar-refractivity contribution >= 4 is 15.9 Å². The molecule has 0 spiro atoms. The molecule has 0 aliphatic rings.